The summed E-state index contributed by atoms with van der Waals surface area (Å²) in [5, 5.41) is 5.52. The van der Waals surface area contributed by atoms with Crippen LogP contribution in [0.5, 0.6) is 11.5 Å². The number of anilines is 1. The Kier molecular flexibility index (Phi) is 7.92. The van der Waals surface area contributed by atoms with E-state index in [1.807, 2.05) is 0 Å². The number of carbonyl (C=O) groups is 2. The molecule has 0 heterocycles. The maximum absolute atomic E-state index is 13.5. The van der Waals surface area contributed by atoms with Crippen molar-refractivity contribution in [1.82, 2.24) is 5.32 Å². The first-order valence-electron chi connectivity index (χ1n) is 9.57. The third kappa shape index (κ3) is 6.25. The normalized spacial score (nSPS) is 11.0. The van der Waals surface area contributed by atoms with Crippen LogP contribution in [0.15, 0.2) is 66.4 Å². The third-order valence-corrected chi connectivity index (χ3v) is 5.04. The lowest BCUT2D eigenvalue weighted by Gasteiger charge is -2.13. The van der Waals surface area contributed by atoms with Gasteiger partial charge in [-0.25, -0.2) is 4.39 Å². The molecular formula is C24H19Cl2FN2O4. The number of carbonyl (C=O) groups excluding carboxylic acids is 2. The van der Waals surface area contributed by atoms with Gasteiger partial charge in [-0.05, 0) is 66.2 Å². The Hall–Kier alpha value is -3.55. The minimum absolute atomic E-state index is 0.0670. The monoisotopic (exact) mass is 488 g/mol. The van der Waals surface area contributed by atoms with Gasteiger partial charge in [0.05, 0.1) is 19.2 Å². The summed E-state index contributed by atoms with van der Waals surface area (Å²) in [6.45, 7) is 0. The van der Waals surface area contributed by atoms with E-state index in [0.29, 0.717) is 27.6 Å². The number of nitrogens with one attached hydrogen (secondary N) is 2. The Balaban J connectivity index is 1.94. The molecule has 0 aliphatic heterocycles. The molecule has 3 aromatic carbocycles. The van der Waals surface area contributed by atoms with E-state index in [1.165, 1.54) is 44.6 Å². The number of methoxy groups -OCH3 is 2. The van der Waals surface area contributed by atoms with Crippen LogP contribution in [-0.2, 0) is 4.79 Å². The maximum atomic E-state index is 13.5. The van der Waals surface area contributed by atoms with E-state index in [-0.39, 0.29) is 16.4 Å². The van der Waals surface area contributed by atoms with Gasteiger partial charge >= 0.3 is 0 Å². The molecule has 2 N–H and O–H groups in total. The van der Waals surface area contributed by atoms with Crippen LogP contribution in [0.4, 0.5) is 10.1 Å². The summed E-state index contributed by atoms with van der Waals surface area (Å²) >= 11 is 11.7. The molecule has 2 amide bonds. The summed E-state index contributed by atoms with van der Waals surface area (Å²) in [6.07, 6.45) is 1.47. The smallest absolute Gasteiger partial charge is 0.272 e. The SMILES string of the molecule is COc1ccc(C=C(NC(=O)c2ccc(Cl)cc2)C(=O)Nc2ccc(F)c(Cl)c2)cc1OC. The zero-order valence-corrected chi connectivity index (χ0v) is 19.1. The van der Waals surface area contributed by atoms with E-state index in [2.05, 4.69) is 10.6 Å². The number of amides is 2. The van der Waals surface area contributed by atoms with Gasteiger partial charge in [0.25, 0.3) is 11.8 Å². The number of halogens is 3. The Morgan fingerprint density at radius 1 is 0.909 bits per heavy atom. The second-order valence-electron chi connectivity index (χ2n) is 6.72. The van der Waals surface area contributed by atoms with Crippen molar-refractivity contribution in [2.24, 2.45) is 0 Å². The molecule has 170 valence electrons. The topological polar surface area (TPSA) is 76.7 Å². The lowest BCUT2D eigenvalue weighted by Crippen LogP contribution is -2.30. The molecule has 33 heavy (non-hydrogen) atoms. The van der Waals surface area contributed by atoms with Crippen LogP contribution in [0.3, 0.4) is 0 Å². The zero-order valence-electron chi connectivity index (χ0n) is 17.6. The largest absolute Gasteiger partial charge is 0.493 e. The molecule has 0 unspecified atom stereocenters. The average molecular weight is 489 g/mol. The molecule has 0 fully saturated rings. The molecular weight excluding hydrogens is 470 g/mol. The third-order valence-electron chi connectivity index (χ3n) is 4.50. The molecule has 0 radical (unpaired) electrons. The predicted octanol–water partition coefficient (Wildman–Crippen LogP) is 5.56. The van der Waals surface area contributed by atoms with Crippen molar-refractivity contribution < 1.29 is 23.5 Å². The van der Waals surface area contributed by atoms with Crippen LogP contribution in [-0.4, -0.2) is 26.0 Å². The highest BCUT2D eigenvalue weighted by Gasteiger charge is 2.16. The molecule has 0 aliphatic carbocycles. The average Bonchev–Trinajstić information content (AvgIpc) is 2.81. The number of rotatable bonds is 7. The molecule has 0 saturated carbocycles. The first-order valence-corrected chi connectivity index (χ1v) is 10.3. The van der Waals surface area contributed by atoms with Crippen LogP contribution in [0, 0.1) is 5.82 Å². The molecule has 3 aromatic rings. The molecule has 6 nitrogen and oxygen atoms in total. The number of hydrogen-bond donors (Lipinski definition) is 2. The highest BCUT2D eigenvalue weighted by molar-refractivity contribution is 6.31. The second-order valence-corrected chi connectivity index (χ2v) is 7.56. The standard InChI is InChI=1S/C24H19Cl2FN2O4/c1-32-21-10-3-14(12-22(21)33-2)11-20(29-23(30)15-4-6-16(25)7-5-15)24(31)28-17-8-9-19(27)18(26)13-17/h3-13H,1-2H3,(H,28,31)(H,29,30). The van der Waals surface area contributed by atoms with E-state index < -0.39 is 17.6 Å². The van der Waals surface area contributed by atoms with E-state index >= 15 is 0 Å². The van der Waals surface area contributed by atoms with Gasteiger partial charge in [-0.15, -0.1) is 0 Å². The number of benzene rings is 3. The van der Waals surface area contributed by atoms with E-state index in [0.717, 1.165) is 6.07 Å². The Morgan fingerprint density at radius 2 is 1.61 bits per heavy atom. The van der Waals surface area contributed by atoms with Gasteiger partial charge in [0.15, 0.2) is 11.5 Å². The van der Waals surface area contributed by atoms with Gasteiger partial charge in [0, 0.05) is 16.3 Å². The number of ether oxygens (including phenoxy) is 2. The van der Waals surface area contributed by atoms with Crippen molar-refractivity contribution >= 4 is 46.8 Å². The molecule has 0 aromatic heterocycles. The minimum Gasteiger partial charge on any atom is -0.493 e. The summed E-state index contributed by atoms with van der Waals surface area (Å²) < 4.78 is 24.0. The van der Waals surface area contributed by atoms with Crippen LogP contribution in [0.25, 0.3) is 6.08 Å². The van der Waals surface area contributed by atoms with Crippen molar-refractivity contribution in [3.05, 3.63) is 93.4 Å². The van der Waals surface area contributed by atoms with Gasteiger partial charge in [-0.1, -0.05) is 29.3 Å². The second kappa shape index (κ2) is 10.8. The lowest BCUT2D eigenvalue weighted by molar-refractivity contribution is -0.113. The molecule has 3 rings (SSSR count). The Bertz CT molecular complexity index is 1210. The first-order chi connectivity index (χ1) is 15.8. The van der Waals surface area contributed by atoms with E-state index in [9.17, 15) is 14.0 Å². The van der Waals surface area contributed by atoms with Crippen molar-refractivity contribution in [2.45, 2.75) is 0 Å². The van der Waals surface area contributed by atoms with Crippen molar-refractivity contribution in [3.8, 4) is 11.5 Å². The van der Waals surface area contributed by atoms with Crippen LogP contribution in [0.1, 0.15) is 15.9 Å². The van der Waals surface area contributed by atoms with Crippen molar-refractivity contribution in [3.63, 3.8) is 0 Å². The summed E-state index contributed by atoms with van der Waals surface area (Å²) in [4.78, 5) is 25.7. The Labute approximate surface area is 199 Å². The molecule has 0 aliphatic rings. The van der Waals surface area contributed by atoms with Crippen LogP contribution < -0.4 is 20.1 Å². The van der Waals surface area contributed by atoms with Gasteiger partial charge in [0.1, 0.15) is 11.5 Å². The quantitative estimate of drug-likeness (QED) is 0.426. The fourth-order valence-corrected chi connectivity index (χ4v) is 3.14. The zero-order chi connectivity index (χ0) is 24.0. The van der Waals surface area contributed by atoms with Gasteiger partial charge in [-0.3, -0.25) is 9.59 Å². The number of hydrogen-bond acceptors (Lipinski definition) is 4. The maximum Gasteiger partial charge on any atom is 0.272 e. The lowest BCUT2D eigenvalue weighted by atomic mass is 10.1. The van der Waals surface area contributed by atoms with Gasteiger partial charge in [0.2, 0.25) is 0 Å². The fourth-order valence-electron chi connectivity index (χ4n) is 2.84. The van der Waals surface area contributed by atoms with E-state index in [1.54, 1.807) is 30.3 Å². The summed E-state index contributed by atoms with van der Waals surface area (Å²) in [7, 11) is 2.99. The highest BCUT2D eigenvalue weighted by atomic mass is 35.5. The molecule has 9 heteroatoms. The van der Waals surface area contributed by atoms with E-state index in [4.69, 9.17) is 32.7 Å². The summed E-state index contributed by atoms with van der Waals surface area (Å²) in [5.74, 6) is -0.834. The molecule has 0 spiro atoms. The van der Waals surface area contributed by atoms with Crippen LogP contribution >= 0.6 is 23.2 Å². The highest BCUT2D eigenvalue weighted by Crippen LogP contribution is 2.28. The predicted molar refractivity (Wildman–Crippen MR) is 126 cm³/mol. The summed E-state index contributed by atoms with van der Waals surface area (Å²) in [5.41, 5.74) is 1.05. The Morgan fingerprint density at radius 3 is 2.24 bits per heavy atom. The molecule has 0 bridgehead atoms. The van der Waals surface area contributed by atoms with Crippen molar-refractivity contribution in [2.75, 3.05) is 19.5 Å². The van der Waals surface area contributed by atoms with Crippen molar-refractivity contribution in [1.29, 1.82) is 0 Å². The minimum atomic E-state index is -0.644. The molecule has 0 atom stereocenters. The van der Waals surface area contributed by atoms with Crippen LogP contribution in [0.2, 0.25) is 10.0 Å². The summed E-state index contributed by atoms with van der Waals surface area (Å²) in [6, 6.07) is 14.9. The van der Waals surface area contributed by atoms with Gasteiger partial charge < -0.3 is 20.1 Å². The van der Waals surface area contributed by atoms with Gasteiger partial charge in [-0.2, -0.15) is 0 Å². The first kappa shape index (κ1) is 24.1. The fraction of sp³-hybridized carbons (Fsp3) is 0.0833. The molecule has 0 saturated heterocycles.